The average molecular weight is 194 g/mol. The van der Waals surface area contributed by atoms with Gasteiger partial charge in [0.2, 0.25) is 0 Å². The van der Waals surface area contributed by atoms with Crippen LogP contribution in [0.25, 0.3) is 11.2 Å². The van der Waals surface area contributed by atoms with Crippen molar-refractivity contribution in [2.24, 2.45) is 0 Å². The fourth-order valence-corrected chi connectivity index (χ4v) is 1.87. The van der Waals surface area contributed by atoms with E-state index in [-0.39, 0.29) is 0 Å². The zero-order chi connectivity index (χ0) is 9.26. The van der Waals surface area contributed by atoms with E-state index in [1.165, 1.54) is 0 Å². The third-order valence-corrected chi connectivity index (χ3v) is 2.52. The Hall–Kier alpha value is -1.10. The van der Waals surface area contributed by atoms with Crippen LogP contribution in [0.15, 0.2) is 17.7 Å². The molecule has 68 valence electrons. The van der Waals surface area contributed by atoms with Crippen LogP contribution in [-0.2, 0) is 0 Å². The molecule has 4 nitrogen and oxygen atoms in total. The quantitative estimate of drug-likeness (QED) is 0.585. The van der Waals surface area contributed by atoms with Crippen molar-refractivity contribution in [3.05, 3.63) is 12.7 Å². The molecule has 5 heteroatoms. The zero-order valence-corrected chi connectivity index (χ0v) is 8.30. The van der Waals surface area contributed by atoms with Gasteiger partial charge in [-0.2, -0.15) is 0 Å². The lowest BCUT2D eigenvalue weighted by Gasteiger charge is -2.02. The number of rotatable bonds is 2. The van der Waals surface area contributed by atoms with Gasteiger partial charge >= 0.3 is 0 Å². The van der Waals surface area contributed by atoms with E-state index in [2.05, 4.69) is 33.8 Å². The molecule has 0 aromatic carbocycles. The minimum atomic E-state index is 0.509. The van der Waals surface area contributed by atoms with Gasteiger partial charge in [0.25, 0.3) is 0 Å². The molecule has 0 spiro atoms. The van der Waals surface area contributed by atoms with Gasteiger partial charge in [0.15, 0.2) is 5.65 Å². The standard InChI is InChI=1S/C8H10N4S/c1-5(2)13-8-6-7(10-3-9-6)11-4-12-8/h3-5H,1-2H3,(H,9,10,11,12). The largest absolute Gasteiger partial charge is 0.329 e. The highest BCUT2D eigenvalue weighted by Gasteiger charge is 2.07. The zero-order valence-electron chi connectivity index (χ0n) is 7.48. The van der Waals surface area contributed by atoms with Crippen molar-refractivity contribution in [2.75, 3.05) is 0 Å². The van der Waals surface area contributed by atoms with Crippen molar-refractivity contribution in [3.8, 4) is 0 Å². The van der Waals surface area contributed by atoms with Gasteiger partial charge in [-0.05, 0) is 0 Å². The van der Waals surface area contributed by atoms with Crippen LogP contribution in [0.2, 0.25) is 0 Å². The molecule has 0 aliphatic rings. The van der Waals surface area contributed by atoms with Crippen LogP contribution in [0.3, 0.4) is 0 Å². The number of nitrogens with zero attached hydrogens (tertiary/aromatic N) is 3. The van der Waals surface area contributed by atoms with Gasteiger partial charge in [0, 0.05) is 5.25 Å². The molecular weight excluding hydrogens is 184 g/mol. The Balaban J connectivity index is 2.48. The van der Waals surface area contributed by atoms with E-state index in [0.717, 1.165) is 16.2 Å². The van der Waals surface area contributed by atoms with Gasteiger partial charge in [-0.1, -0.05) is 13.8 Å². The molecule has 2 heterocycles. The van der Waals surface area contributed by atoms with Gasteiger partial charge < -0.3 is 4.98 Å². The van der Waals surface area contributed by atoms with Crippen LogP contribution < -0.4 is 0 Å². The third-order valence-electron chi connectivity index (χ3n) is 1.53. The molecule has 0 atom stereocenters. The first-order chi connectivity index (χ1) is 6.27. The predicted octanol–water partition coefficient (Wildman–Crippen LogP) is 1.85. The number of imidazole rings is 1. The minimum absolute atomic E-state index is 0.509. The molecule has 0 radical (unpaired) electrons. The maximum absolute atomic E-state index is 4.19. The normalized spacial score (nSPS) is 11.3. The second kappa shape index (κ2) is 3.33. The van der Waals surface area contributed by atoms with Crippen LogP contribution in [0.4, 0.5) is 0 Å². The first-order valence-electron chi connectivity index (χ1n) is 4.08. The second-order valence-corrected chi connectivity index (χ2v) is 4.51. The van der Waals surface area contributed by atoms with Crippen LogP contribution in [-0.4, -0.2) is 25.2 Å². The van der Waals surface area contributed by atoms with Crippen molar-refractivity contribution in [1.29, 1.82) is 0 Å². The molecule has 0 saturated carbocycles. The number of hydrogen-bond acceptors (Lipinski definition) is 4. The maximum atomic E-state index is 4.19. The van der Waals surface area contributed by atoms with Crippen LogP contribution in [0, 0.1) is 0 Å². The Kier molecular flexibility index (Phi) is 2.18. The lowest BCUT2D eigenvalue weighted by atomic mass is 10.6. The number of fused-ring (bicyclic) bond motifs is 1. The van der Waals surface area contributed by atoms with Gasteiger partial charge in [0.05, 0.1) is 6.33 Å². The van der Waals surface area contributed by atoms with Crippen LogP contribution in [0.1, 0.15) is 13.8 Å². The molecular formula is C8H10N4S. The fraction of sp³-hybridized carbons (Fsp3) is 0.375. The van der Waals surface area contributed by atoms with E-state index in [1.807, 2.05) is 0 Å². The molecule has 2 rings (SSSR count). The Morgan fingerprint density at radius 3 is 2.92 bits per heavy atom. The van der Waals surface area contributed by atoms with E-state index in [0.29, 0.717) is 5.25 Å². The Labute approximate surface area is 80.2 Å². The topological polar surface area (TPSA) is 54.5 Å². The van der Waals surface area contributed by atoms with E-state index in [9.17, 15) is 0 Å². The van der Waals surface area contributed by atoms with E-state index in [1.54, 1.807) is 24.4 Å². The summed E-state index contributed by atoms with van der Waals surface area (Å²) in [6.07, 6.45) is 3.20. The van der Waals surface area contributed by atoms with E-state index < -0.39 is 0 Å². The average Bonchev–Trinajstić information content (AvgIpc) is 2.51. The van der Waals surface area contributed by atoms with Crippen molar-refractivity contribution in [1.82, 2.24) is 19.9 Å². The number of H-pyrrole nitrogens is 1. The summed E-state index contributed by atoms with van der Waals surface area (Å²) in [4.78, 5) is 15.4. The fourth-order valence-electron chi connectivity index (χ4n) is 1.05. The van der Waals surface area contributed by atoms with Crippen molar-refractivity contribution >= 4 is 22.9 Å². The van der Waals surface area contributed by atoms with Crippen LogP contribution >= 0.6 is 11.8 Å². The van der Waals surface area contributed by atoms with Crippen molar-refractivity contribution in [2.45, 2.75) is 24.1 Å². The Bertz CT molecular complexity index is 409. The summed E-state index contributed by atoms with van der Waals surface area (Å²) in [6, 6.07) is 0. The first kappa shape index (κ1) is 8.50. The minimum Gasteiger partial charge on any atom is -0.329 e. The first-order valence-corrected chi connectivity index (χ1v) is 4.96. The smallest absolute Gasteiger partial charge is 0.161 e. The molecule has 0 fully saturated rings. The van der Waals surface area contributed by atoms with Gasteiger partial charge in [-0.15, -0.1) is 11.8 Å². The summed E-state index contributed by atoms with van der Waals surface area (Å²) in [5, 5.41) is 1.45. The SMILES string of the molecule is CC(C)Sc1ncnc2[nH]cnc12. The number of nitrogens with one attached hydrogen (secondary N) is 1. The van der Waals surface area contributed by atoms with Crippen LogP contribution in [0.5, 0.6) is 0 Å². The molecule has 0 saturated heterocycles. The van der Waals surface area contributed by atoms with Gasteiger partial charge in [0.1, 0.15) is 16.9 Å². The maximum Gasteiger partial charge on any atom is 0.161 e. The van der Waals surface area contributed by atoms with Gasteiger partial charge in [-0.3, -0.25) is 0 Å². The van der Waals surface area contributed by atoms with E-state index >= 15 is 0 Å². The monoisotopic (exact) mass is 194 g/mol. The Morgan fingerprint density at radius 2 is 2.15 bits per heavy atom. The summed E-state index contributed by atoms with van der Waals surface area (Å²) in [5.41, 5.74) is 1.67. The molecule has 0 aliphatic carbocycles. The highest BCUT2D eigenvalue weighted by Crippen LogP contribution is 2.25. The molecule has 2 aromatic heterocycles. The molecule has 13 heavy (non-hydrogen) atoms. The lowest BCUT2D eigenvalue weighted by molar-refractivity contribution is 1.05. The number of thioether (sulfide) groups is 1. The van der Waals surface area contributed by atoms with E-state index in [4.69, 9.17) is 0 Å². The molecule has 0 aliphatic heterocycles. The number of hydrogen-bond donors (Lipinski definition) is 1. The Morgan fingerprint density at radius 1 is 1.31 bits per heavy atom. The summed E-state index contributed by atoms with van der Waals surface area (Å²) >= 11 is 1.70. The molecule has 2 aromatic rings. The molecule has 0 amide bonds. The van der Waals surface area contributed by atoms with Crippen molar-refractivity contribution in [3.63, 3.8) is 0 Å². The summed E-state index contributed by atoms with van der Waals surface area (Å²) in [7, 11) is 0. The highest BCUT2D eigenvalue weighted by atomic mass is 32.2. The highest BCUT2D eigenvalue weighted by molar-refractivity contribution is 8.00. The van der Waals surface area contributed by atoms with Gasteiger partial charge in [-0.25, -0.2) is 15.0 Å². The molecule has 1 N–H and O–H groups in total. The number of aromatic amines is 1. The number of aromatic nitrogens is 4. The molecule has 0 unspecified atom stereocenters. The summed E-state index contributed by atoms with van der Waals surface area (Å²) in [6.45, 7) is 4.26. The summed E-state index contributed by atoms with van der Waals surface area (Å²) < 4.78 is 0. The summed E-state index contributed by atoms with van der Waals surface area (Å²) in [5.74, 6) is 0. The van der Waals surface area contributed by atoms with Crippen molar-refractivity contribution < 1.29 is 0 Å². The molecule has 0 bridgehead atoms. The predicted molar refractivity (Wildman–Crippen MR) is 52.7 cm³/mol. The lowest BCUT2D eigenvalue weighted by Crippen LogP contribution is -1.91. The second-order valence-electron chi connectivity index (χ2n) is 2.95. The third kappa shape index (κ3) is 1.65.